The van der Waals surface area contributed by atoms with E-state index in [1.165, 1.54) is 78.2 Å². The maximum Gasteiger partial charge on any atom is 0.252 e. The zero-order chi connectivity index (χ0) is 41.2. The summed E-state index contributed by atoms with van der Waals surface area (Å²) in [5.74, 6) is 0. The molecule has 0 amide bonds. The molecule has 0 aromatic heterocycles. The smallest absolute Gasteiger partial charge is 0.252 e. The summed E-state index contributed by atoms with van der Waals surface area (Å²) in [5, 5.41) is 0. The fraction of sp³-hybridized carbons (Fsp3) is 0.158. The van der Waals surface area contributed by atoms with Gasteiger partial charge in [-0.3, -0.25) is 0 Å². The zero-order valence-electron chi connectivity index (χ0n) is 35.5. The van der Waals surface area contributed by atoms with Gasteiger partial charge in [0.25, 0.3) is 6.71 Å². The molecular formula is C57H51BN2. The van der Waals surface area contributed by atoms with Crippen molar-refractivity contribution in [3.8, 4) is 0 Å². The van der Waals surface area contributed by atoms with Crippen LogP contribution in [0.2, 0.25) is 0 Å². The SMILES string of the molecule is CC(C)(c1ccccc1)c1cc(N2c3ccccc3B3c4ccccc4N(c4ccccc4)c4cc(C(C)(C)c5ccccc5)cc2c43)cc(C(C)(C)c2ccccc2)c1. The lowest BCUT2D eigenvalue weighted by Crippen LogP contribution is -2.61. The summed E-state index contributed by atoms with van der Waals surface area (Å²) in [4.78, 5) is 5.11. The van der Waals surface area contributed by atoms with E-state index in [1.54, 1.807) is 0 Å². The molecule has 10 rings (SSSR count). The Bertz CT molecular complexity index is 2780. The Labute approximate surface area is 356 Å². The maximum absolute atomic E-state index is 2.60. The monoisotopic (exact) mass is 774 g/mol. The van der Waals surface area contributed by atoms with Crippen molar-refractivity contribution in [3.63, 3.8) is 0 Å². The highest BCUT2D eigenvalue weighted by Crippen LogP contribution is 2.49. The first-order valence-electron chi connectivity index (χ1n) is 21.4. The Balaban J connectivity index is 1.31. The molecule has 0 fully saturated rings. The largest absolute Gasteiger partial charge is 0.311 e. The van der Waals surface area contributed by atoms with E-state index in [-0.39, 0.29) is 23.0 Å². The quantitative estimate of drug-likeness (QED) is 0.142. The Hall–Kier alpha value is -6.58. The second-order valence-electron chi connectivity index (χ2n) is 18.2. The van der Waals surface area contributed by atoms with E-state index in [2.05, 4.69) is 252 Å². The Morgan fingerprint density at radius 2 is 0.633 bits per heavy atom. The van der Waals surface area contributed by atoms with Gasteiger partial charge in [-0.05, 0) is 98.3 Å². The first kappa shape index (κ1) is 37.7. The summed E-state index contributed by atoms with van der Waals surface area (Å²) in [5.41, 5.74) is 18.1. The van der Waals surface area contributed by atoms with Crippen LogP contribution in [0.1, 0.15) is 74.9 Å². The van der Waals surface area contributed by atoms with Crippen molar-refractivity contribution in [2.24, 2.45) is 0 Å². The zero-order valence-corrected chi connectivity index (χ0v) is 35.5. The van der Waals surface area contributed by atoms with Crippen molar-refractivity contribution in [3.05, 3.63) is 234 Å². The third-order valence-corrected chi connectivity index (χ3v) is 13.7. The molecule has 0 bridgehead atoms. The summed E-state index contributed by atoms with van der Waals surface area (Å²) in [6.45, 7) is 14.3. The highest BCUT2D eigenvalue weighted by atomic mass is 15.2. The van der Waals surface area contributed by atoms with Gasteiger partial charge in [-0.25, -0.2) is 0 Å². The van der Waals surface area contributed by atoms with Gasteiger partial charge in [0.2, 0.25) is 0 Å². The molecule has 0 spiro atoms. The van der Waals surface area contributed by atoms with Gasteiger partial charge >= 0.3 is 0 Å². The summed E-state index contributed by atoms with van der Waals surface area (Å²) < 4.78 is 0. The fourth-order valence-corrected chi connectivity index (χ4v) is 9.92. The predicted molar refractivity (Wildman–Crippen MR) is 256 cm³/mol. The van der Waals surface area contributed by atoms with Crippen molar-refractivity contribution < 1.29 is 0 Å². The number of rotatable bonds is 8. The van der Waals surface area contributed by atoms with Crippen molar-refractivity contribution in [1.82, 2.24) is 0 Å². The van der Waals surface area contributed by atoms with Gasteiger partial charge in [-0.15, -0.1) is 0 Å². The number of hydrogen-bond donors (Lipinski definition) is 0. The molecule has 0 saturated heterocycles. The average molecular weight is 775 g/mol. The Morgan fingerprint density at radius 1 is 0.300 bits per heavy atom. The molecule has 3 heteroatoms. The fourth-order valence-electron chi connectivity index (χ4n) is 9.92. The van der Waals surface area contributed by atoms with E-state index in [4.69, 9.17) is 0 Å². The van der Waals surface area contributed by atoms with E-state index in [0.29, 0.717) is 0 Å². The Kier molecular flexibility index (Phi) is 8.99. The molecule has 60 heavy (non-hydrogen) atoms. The second-order valence-corrected chi connectivity index (χ2v) is 18.2. The summed E-state index contributed by atoms with van der Waals surface area (Å²) in [6.07, 6.45) is 0. The van der Waals surface area contributed by atoms with Crippen molar-refractivity contribution in [2.45, 2.75) is 57.8 Å². The van der Waals surface area contributed by atoms with Gasteiger partial charge in [0.05, 0.1) is 0 Å². The molecule has 0 radical (unpaired) electrons. The summed E-state index contributed by atoms with van der Waals surface area (Å²) in [6, 6.07) is 74.6. The molecule has 0 N–H and O–H groups in total. The molecule has 8 aromatic carbocycles. The molecular weight excluding hydrogens is 723 g/mol. The second kappa shape index (κ2) is 14.3. The van der Waals surface area contributed by atoms with Crippen LogP contribution in [-0.4, -0.2) is 6.71 Å². The van der Waals surface area contributed by atoms with Crippen LogP contribution in [0, 0.1) is 0 Å². The minimum Gasteiger partial charge on any atom is -0.311 e. The predicted octanol–water partition coefficient (Wildman–Crippen LogP) is 12.7. The minimum atomic E-state index is -0.290. The number of benzene rings is 8. The average Bonchev–Trinajstić information content (AvgIpc) is 3.29. The highest BCUT2D eigenvalue weighted by Gasteiger charge is 2.44. The van der Waals surface area contributed by atoms with E-state index >= 15 is 0 Å². The number of para-hydroxylation sites is 3. The molecule has 0 unspecified atom stereocenters. The number of fused-ring (bicyclic) bond motifs is 4. The molecule has 8 aromatic rings. The van der Waals surface area contributed by atoms with Gasteiger partial charge < -0.3 is 9.80 Å². The van der Waals surface area contributed by atoms with Gasteiger partial charge in [0.15, 0.2) is 0 Å². The van der Waals surface area contributed by atoms with E-state index in [9.17, 15) is 0 Å². The lowest BCUT2D eigenvalue weighted by Gasteiger charge is -2.45. The molecule has 0 aliphatic carbocycles. The van der Waals surface area contributed by atoms with Crippen LogP contribution >= 0.6 is 0 Å². The van der Waals surface area contributed by atoms with Gasteiger partial charge in [-0.1, -0.05) is 193 Å². The molecule has 0 atom stereocenters. The van der Waals surface area contributed by atoms with Crippen molar-refractivity contribution in [2.75, 3.05) is 9.80 Å². The van der Waals surface area contributed by atoms with Crippen LogP contribution in [-0.2, 0) is 16.2 Å². The lowest BCUT2D eigenvalue weighted by atomic mass is 9.33. The van der Waals surface area contributed by atoms with Gasteiger partial charge in [0, 0.05) is 50.4 Å². The minimum absolute atomic E-state index is 0.0525. The van der Waals surface area contributed by atoms with Crippen LogP contribution in [0.3, 0.4) is 0 Å². The van der Waals surface area contributed by atoms with Crippen molar-refractivity contribution >= 4 is 57.2 Å². The molecule has 292 valence electrons. The van der Waals surface area contributed by atoms with Crippen LogP contribution in [0.5, 0.6) is 0 Å². The lowest BCUT2D eigenvalue weighted by molar-refractivity contribution is 0.617. The molecule has 2 aliphatic heterocycles. The normalized spacial score (nSPS) is 13.4. The van der Waals surface area contributed by atoms with Gasteiger partial charge in [-0.2, -0.15) is 0 Å². The maximum atomic E-state index is 2.60. The third-order valence-electron chi connectivity index (χ3n) is 13.7. The first-order valence-corrected chi connectivity index (χ1v) is 21.4. The topological polar surface area (TPSA) is 6.48 Å². The summed E-state index contributed by atoms with van der Waals surface area (Å²) >= 11 is 0. The van der Waals surface area contributed by atoms with Crippen molar-refractivity contribution in [1.29, 1.82) is 0 Å². The van der Waals surface area contributed by atoms with Crippen LogP contribution in [0.4, 0.5) is 34.1 Å². The standard InChI is InChI=1S/C57H51BN2/c1-55(2,40-23-11-7-12-24-40)43-35-44(56(3,4)41-25-13-8-14-26-41)37-47(36-43)60-51-34-22-20-32-49(51)58-48-31-19-21-33-50(48)59(46-29-17-10-18-30-46)52-38-45(39-53(60)54(52)58)57(5,6)42-27-15-9-16-28-42/h7-39H,1-6H3. The molecule has 0 saturated carbocycles. The van der Waals surface area contributed by atoms with Crippen LogP contribution in [0.25, 0.3) is 0 Å². The van der Waals surface area contributed by atoms with Gasteiger partial charge in [0.1, 0.15) is 0 Å². The summed E-state index contributed by atoms with van der Waals surface area (Å²) in [7, 11) is 0. The molecule has 2 nitrogen and oxygen atoms in total. The Morgan fingerprint density at radius 3 is 1.05 bits per heavy atom. The van der Waals surface area contributed by atoms with E-state index in [0.717, 1.165) is 5.69 Å². The third kappa shape index (κ3) is 6.02. The first-order chi connectivity index (χ1) is 29.0. The molecule has 2 heterocycles. The highest BCUT2D eigenvalue weighted by molar-refractivity contribution is 7.00. The van der Waals surface area contributed by atoms with E-state index in [1.807, 2.05) is 0 Å². The van der Waals surface area contributed by atoms with Crippen LogP contribution in [0.15, 0.2) is 200 Å². The molecule has 2 aliphatic rings. The number of anilines is 6. The van der Waals surface area contributed by atoms with Crippen LogP contribution < -0.4 is 26.2 Å². The van der Waals surface area contributed by atoms with E-state index < -0.39 is 0 Å². The number of nitrogens with zero attached hydrogens (tertiary/aromatic N) is 2. The number of hydrogen-bond acceptors (Lipinski definition) is 2.